The average molecular weight is 456 g/mol. The number of carbonyl (C=O) groups excluding carboxylic acids is 1. The van der Waals surface area contributed by atoms with Crippen LogP contribution in [0.1, 0.15) is 18.4 Å². The first-order valence-electron chi connectivity index (χ1n) is 9.13. The van der Waals surface area contributed by atoms with Gasteiger partial charge in [-0.05, 0) is 25.0 Å². The molecule has 0 bridgehead atoms. The Balaban J connectivity index is 1.61. The first kappa shape index (κ1) is 22.1. The summed E-state index contributed by atoms with van der Waals surface area (Å²) in [4.78, 5) is 22.8. The summed E-state index contributed by atoms with van der Waals surface area (Å²) in [6.45, 7) is 0.245. The number of nitro benzene ring substituents is 1. The monoisotopic (exact) mass is 455 g/mol. The standard InChI is InChI=1S/C19H19ClFN3O5S/c20-16-6-5-15(24(26)27)11-18(16)22-19(25)13-7-9-23(10-8-13)30(28,29)12-14-3-1-2-4-17(14)21/h1-6,11,13H,7-10,12H2,(H,22,25). The molecule has 0 aliphatic carbocycles. The molecule has 2 aromatic carbocycles. The zero-order valence-corrected chi connectivity index (χ0v) is 17.3. The van der Waals surface area contributed by atoms with Crippen molar-refractivity contribution in [2.24, 2.45) is 5.92 Å². The van der Waals surface area contributed by atoms with Gasteiger partial charge in [-0.2, -0.15) is 0 Å². The molecule has 1 aliphatic heterocycles. The van der Waals surface area contributed by atoms with E-state index in [1.165, 1.54) is 40.7 Å². The number of nitrogens with zero attached hydrogens (tertiary/aromatic N) is 2. The van der Waals surface area contributed by atoms with E-state index in [1.807, 2.05) is 0 Å². The normalized spacial score (nSPS) is 15.7. The Bertz CT molecular complexity index is 1070. The van der Waals surface area contributed by atoms with Gasteiger partial charge in [-0.25, -0.2) is 17.1 Å². The number of carbonyl (C=O) groups is 1. The van der Waals surface area contributed by atoms with E-state index in [9.17, 15) is 27.7 Å². The van der Waals surface area contributed by atoms with E-state index in [4.69, 9.17) is 11.6 Å². The van der Waals surface area contributed by atoms with Crippen LogP contribution < -0.4 is 5.32 Å². The molecule has 1 aliphatic rings. The average Bonchev–Trinajstić information content (AvgIpc) is 2.71. The molecule has 0 spiro atoms. The molecule has 160 valence electrons. The van der Waals surface area contributed by atoms with Gasteiger partial charge in [-0.3, -0.25) is 14.9 Å². The lowest BCUT2D eigenvalue weighted by molar-refractivity contribution is -0.384. The lowest BCUT2D eigenvalue weighted by Crippen LogP contribution is -2.42. The largest absolute Gasteiger partial charge is 0.324 e. The maximum absolute atomic E-state index is 13.8. The third-order valence-corrected chi connectivity index (χ3v) is 7.09. The molecule has 1 amide bonds. The zero-order valence-electron chi connectivity index (χ0n) is 15.8. The Labute approximate surface area is 177 Å². The van der Waals surface area contributed by atoms with Gasteiger partial charge >= 0.3 is 0 Å². The maximum Gasteiger partial charge on any atom is 0.271 e. The second-order valence-electron chi connectivity index (χ2n) is 6.93. The van der Waals surface area contributed by atoms with Crippen LogP contribution in [0.5, 0.6) is 0 Å². The van der Waals surface area contributed by atoms with Crippen molar-refractivity contribution in [3.8, 4) is 0 Å². The maximum atomic E-state index is 13.8. The Kier molecular flexibility index (Phi) is 6.69. The van der Waals surface area contributed by atoms with Gasteiger partial charge in [0, 0.05) is 36.7 Å². The minimum atomic E-state index is -3.72. The summed E-state index contributed by atoms with van der Waals surface area (Å²) in [5, 5.41) is 13.6. The number of hydrogen-bond donors (Lipinski definition) is 1. The van der Waals surface area contributed by atoms with E-state index in [2.05, 4.69) is 5.32 Å². The summed E-state index contributed by atoms with van der Waals surface area (Å²) >= 11 is 6.00. The second kappa shape index (κ2) is 9.07. The third kappa shape index (κ3) is 5.13. The predicted octanol–water partition coefficient (Wildman–Crippen LogP) is 3.57. The molecule has 0 saturated carbocycles. The summed E-state index contributed by atoms with van der Waals surface area (Å²) in [5.41, 5.74) is 0.0203. The van der Waals surface area contributed by atoms with Crippen LogP contribution >= 0.6 is 11.6 Å². The predicted molar refractivity (Wildman–Crippen MR) is 110 cm³/mol. The van der Waals surface area contributed by atoms with Crippen LogP contribution in [0.4, 0.5) is 15.8 Å². The van der Waals surface area contributed by atoms with Crippen molar-refractivity contribution in [3.63, 3.8) is 0 Å². The minimum absolute atomic E-state index is 0.0951. The minimum Gasteiger partial charge on any atom is -0.324 e. The highest BCUT2D eigenvalue weighted by molar-refractivity contribution is 7.88. The fourth-order valence-electron chi connectivity index (χ4n) is 3.26. The van der Waals surface area contributed by atoms with Crippen LogP contribution in [-0.2, 0) is 20.6 Å². The fraction of sp³-hybridized carbons (Fsp3) is 0.316. The third-order valence-electron chi connectivity index (χ3n) is 4.93. The topological polar surface area (TPSA) is 110 Å². The number of benzene rings is 2. The van der Waals surface area contributed by atoms with Gasteiger partial charge in [0.25, 0.3) is 5.69 Å². The van der Waals surface area contributed by atoms with E-state index in [1.54, 1.807) is 6.07 Å². The molecule has 2 aromatic rings. The Hall–Kier alpha value is -2.56. The molecule has 1 saturated heterocycles. The van der Waals surface area contributed by atoms with Gasteiger partial charge in [0.15, 0.2) is 0 Å². The zero-order chi connectivity index (χ0) is 21.9. The van der Waals surface area contributed by atoms with Gasteiger partial charge < -0.3 is 5.32 Å². The van der Waals surface area contributed by atoms with Gasteiger partial charge in [0.05, 0.1) is 21.4 Å². The van der Waals surface area contributed by atoms with E-state index >= 15 is 0 Å². The number of anilines is 1. The SMILES string of the molecule is O=C(Nc1cc([N+](=O)[O-])ccc1Cl)C1CCN(S(=O)(=O)Cc2ccccc2F)CC1. The van der Waals surface area contributed by atoms with Crippen LogP contribution in [0.15, 0.2) is 42.5 Å². The van der Waals surface area contributed by atoms with E-state index < -0.39 is 32.4 Å². The molecule has 1 fully saturated rings. The number of sulfonamides is 1. The van der Waals surface area contributed by atoms with Crippen LogP contribution in [0.25, 0.3) is 0 Å². The van der Waals surface area contributed by atoms with Gasteiger partial charge in [-0.15, -0.1) is 0 Å². The molecule has 11 heteroatoms. The van der Waals surface area contributed by atoms with Crippen molar-refractivity contribution >= 4 is 38.9 Å². The van der Waals surface area contributed by atoms with Crippen molar-refractivity contribution in [2.75, 3.05) is 18.4 Å². The molecule has 0 aromatic heterocycles. The van der Waals surface area contributed by atoms with Crippen molar-refractivity contribution in [2.45, 2.75) is 18.6 Å². The Morgan fingerprint density at radius 2 is 1.90 bits per heavy atom. The molecule has 8 nitrogen and oxygen atoms in total. The number of hydrogen-bond acceptors (Lipinski definition) is 5. The van der Waals surface area contributed by atoms with E-state index in [-0.39, 0.29) is 53.8 Å². The van der Waals surface area contributed by atoms with Crippen molar-refractivity contribution < 1.29 is 22.5 Å². The first-order chi connectivity index (χ1) is 14.2. The number of nitrogens with one attached hydrogen (secondary N) is 1. The number of halogens is 2. The fourth-order valence-corrected chi connectivity index (χ4v) is 5.00. The number of piperidine rings is 1. The number of nitro groups is 1. The smallest absolute Gasteiger partial charge is 0.271 e. The molecule has 1 heterocycles. The second-order valence-corrected chi connectivity index (χ2v) is 9.31. The highest BCUT2D eigenvalue weighted by Gasteiger charge is 2.32. The summed E-state index contributed by atoms with van der Waals surface area (Å²) in [7, 11) is -3.72. The van der Waals surface area contributed by atoms with Crippen LogP contribution in [0.2, 0.25) is 5.02 Å². The van der Waals surface area contributed by atoms with Gasteiger partial charge in [-0.1, -0.05) is 29.8 Å². The highest BCUT2D eigenvalue weighted by Crippen LogP contribution is 2.29. The number of rotatable bonds is 6. The summed E-state index contributed by atoms with van der Waals surface area (Å²) in [6.07, 6.45) is 0.545. The lowest BCUT2D eigenvalue weighted by atomic mass is 9.97. The summed E-state index contributed by atoms with van der Waals surface area (Å²) < 4.78 is 40.2. The Morgan fingerprint density at radius 3 is 2.53 bits per heavy atom. The summed E-state index contributed by atoms with van der Waals surface area (Å²) in [6, 6.07) is 9.43. The molecule has 0 unspecified atom stereocenters. The van der Waals surface area contributed by atoms with Gasteiger partial charge in [0.2, 0.25) is 15.9 Å². The number of amides is 1. The molecule has 30 heavy (non-hydrogen) atoms. The van der Waals surface area contributed by atoms with Crippen LogP contribution in [0.3, 0.4) is 0 Å². The van der Waals surface area contributed by atoms with Gasteiger partial charge in [0.1, 0.15) is 5.82 Å². The van der Waals surface area contributed by atoms with Crippen LogP contribution in [-0.4, -0.2) is 36.6 Å². The van der Waals surface area contributed by atoms with Crippen LogP contribution in [0, 0.1) is 21.8 Å². The quantitative estimate of drug-likeness (QED) is 0.529. The number of non-ortho nitro benzene ring substituents is 1. The molecule has 3 rings (SSSR count). The molecule has 1 N–H and O–H groups in total. The first-order valence-corrected chi connectivity index (χ1v) is 11.1. The molecular weight excluding hydrogens is 437 g/mol. The van der Waals surface area contributed by atoms with E-state index in [0.29, 0.717) is 0 Å². The highest BCUT2D eigenvalue weighted by atomic mass is 35.5. The lowest BCUT2D eigenvalue weighted by Gasteiger charge is -2.30. The van der Waals surface area contributed by atoms with Crippen molar-refractivity contribution in [3.05, 3.63) is 69.0 Å². The van der Waals surface area contributed by atoms with Crippen molar-refractivity contribution in [1.82, 2.24) is 4.31 Å². The molecule has 0 radical (unpaired) electrons. The summed E-state index contributed by atoms with van der Waals surface area (Å²) in [5.74, 6) is -1.88. The molecular formula is C19H19ClFN3O5S. The van der Waals surface area contributed by atoms with Crippen molar-refractivity contribution in [1.29, 1.82) is 0 Å². The molecule has 0 atom stereocenters. The Morgan fingerprint density at radius 1 is 1.23 bits per heavy atom. The van der Waals surface area contributed by atoms with E-state index in [0.717, 1.165) is 0 Å².